The number of carbonyl (C=O) groups is 2. The van der Waals surface area contributed by atoms with Crippen molar-refractivity contribution in [1.82, 2.24) is 5.32 Å². The molecule has 0 spiro atoms. The van der Waals surface area contributed by atoms with Crippen LogP contribution in [-0.4, -0.2) is 47.4 Å². The van der Waals surface area contributed by atoms with Crippen molar-refractivity contribution in [2.75, 3.05) is 13.2 Å². The Hall–Kier alpha value is -1.92. The third-order valence-electron chi connectivity index (χ3n) is 14.2. The first kappa shape index (κ1) is 67.1. The minimum absolute atomic E-state index is 0.00558. The quantitative estimate of drug-likeness (QED) is 0.0321. The van der Waals surface area contributed by atoms with Crippen molar-refractivity contribution < 1.29 is 24.5 Å². The summed E-state index contributed by atoms with van der Waals surface area (Å²) >= 11 is 0. The standard InChI is InChI=1S/C63H119NO5/c1-3-5-7-9-11-13-15-17-19-20-24-28-31-35-39-43-47-51-55-61(66)60(59-65)64-62(67)56-52-48-44-40-36-32-29-25-22-21-23-26-30-34-38-42-46-50-54-58-69-63(68)57-53-49-45-41-37-33-27-18-16-14-12-10-8-6-4-2/h12,14,18,27,51,55,60-61,65-66H,3-11,13,15-17,19-26,28-50,52-54,56-59H2,1-2H3,(H,64,67)/b14-12-,27-18-,55-51+. The molecular weight excluding hydrogens is 851 g/mol. The molecule has 0 heterocycles. The number of nitrogens with one attached hydrogen (secondary N) is 1. The van der Waals surface area contributed by atoms with Crippen LogP contribution in [0.2, 0.25) is 0 Å². The molecule has 0 bridgehead atoms. The summed E-state index contributed by atoms with van der Waals surface area (Å²) in [4.78, 5) is 24.5. The van der Waals surface area contributed by atoms with Gasteiger partial charge in [0.05, 0.1) is 25.4 Å². The van der Waals surface area contributed by atoms with Crippen molar-refractivity contribution in [3.63, 3.8) is 0 Å². The van der Waals surface area contributed by atoms with Gasteiger partial charge in [0.1, 0.15) is 0 Å². The van der Waals surface area contributed by atoms with E-state index < -0.39 is 12.1 Å². The Balaban J connectivity index is 3.44. The molecular formula is C63H119NO5. The van der Waals surface area contributed by atoms with Gasteiger partial charge in [-0.2, -0.15) is 0 Å². The Morgan fingerprint density at radius 1 is 0.406 bits per heavy atom. The number of aliphatic hydroxyl groups is 2. The minimum Gasteiger partial charge on any atom is -0.466 e. The SMILES string of the molecule is CCCCC/C=C\C/C=C\CCCCCCCC(=O)OCCCCCCCCCCCCCCCCCCCCCC(=O)NC(CO)C(O)/C=C/CCCCCCCCCCCCCCCCCC. The van der Waals surface area contributed by atoms with E-state index in [-0.39, 0.29) is 18.5 Å². The number of allylic oxidation sites excluding steroid dienone is 5. The molecule has 6 heteroatoms. The van der Waals surface area contributed by atoms with Crippen molar-refractivity contribution >= 4 is 11.9 Å². The predicted octanol–water partition coefficient (Wildman–Crippen LogP) is 19.2. The van der Waals surface area contributed by atoms with Crippen LogP contribution in [0.1, 0.15) is 328 Å². The fraction of sp³-hybridized carbons (Fsp3) is 0.873. The summed E-state index contributed by atoms with van der Waals surface area (Å²) in [5, 5.41) is 23.2. The Kier molecular flexibility index (Phi) is 57.0. The van der Waals surface area contributed by atoms with Crippen molar-refractivity contribution in [3.8, 4) is 0 Å². The minimum atomic E-state index is -0.847. The molecule has 2 unspecified atom stereocenters. The zero-order valence-corrected chi connectivity index (χ0v) is 46.3. The first-order chi connectivity index (χ1) is 34.0. The lowest BCUT2D eigenvalue weighted by Gasteiger charge is -2.20. The number of carbonyl (C=O) groups excluding carboxylic acids is 2. The zero-order valence-electron chi connectivity index (χ0n) is 46.3. The fourth-order valence-electron chi connectivity index (χ4n) is 9.43. The fourth-order valence-corrected chi connectivity index (χ4v) is 9.43. The predicted molar refractivity (Wildman–Crippen MR) is 301 cm³/mol. The summed E-state index contributed by atoms with van der Waals surface area (Å²) in [5.74, 6) is -0.0748. The highest BCUT2D eigenvalue weighted by Crippen LogP contribution is 2.17. The van der Waals surface area contributed by atoms with Crippen LogP contribution in [0.15, 0.2) is 36.5 Å². The van der Waals surface area contributed by atoms with Crippen molar-refractivity contribution in [3.05, 3.63) is 36.5 Å². The molecule has 406 valence electrons. The molecule has 0 saturated heterocycles. The molecule has 0 fully saturated rings. The molecule has 6 nitrogen and oxygen atoms in total. The maximum absolute atomic E-state index is 12.5. The van der Waals surface area contributed by atoms with Crippen LogP contribution in [0, 0.1) is 0 Å². The first-order valence-corrected chi connectivity index (χ1v) is 30.8. The Morgan fingerprint density at radius 2 is 0.725 bits per heavy atom. The molecule has 0 aliphatic heterocycles. The van der Waals surface area contributed by atoms with Gasteiger partial charge in [-0.3, -0.25) is 9.59 Å². The average Bonchev–Trinajstić information content (AvgIpc) is 3.35. The Bertz CT molecular complexity index is 1120. The number of ether oxygens (including phenoxy) is 1. The lowest BCUT2D eigenvalue weighted by atomic mass is 10.0. The third-order valence-corrected chi connectivity index (χ3v) is 14.2. The van der Waals surface area contributed by atoms with Crippen LogP contribution in [0.4, 0.5) is 0 Å². The van der Waals surface area contributed by atoms with E-state index in [0.717, 1.165) is 51.4 Å². The van der Waals surface area contributed by atoms with E-state index in [1.54, 1.807) is 6.08 Å². The van der Waals surface area contributed by atoms with Crippen molar-refractivity contribution in [2.45, 2.75) is 341 Å². The van der Waals surface area contributed by atoms with Crippen LogP contribution in [0.25, 0.3) is 0 Å². The molecule has 0 rings (SSSR count). The number of amides is 1. The molecule has 0 aromatic rings. The lowest BCUT2D eigenvalue weighted by molar-refractivity contribution is -0.143. The molecule has 0 aromatic carbocycles. The Labute approximate surface area is 430 Å². The second-order valence-electron chi connectivity index (χ2n) is 21.0. The largest absolute Gasteiger partial charge is 0.466 e. The molecule has 1 amide bonds. The number of rotatable bonds is 57. The highest BCUT2D eigenvalue weighted by Gasteiger charge is 2.18. The zero-order chi connectivity index (χ0) is 50.0. The molecule has 0 aliphatic rings. The van der Waals surface area contributed by atoms with Gasteiger partial charge in [-0.15, -0.1) is 0 Å². The van der Waals surface area contributed by atoms with Crippen LogP contribution in [0.3, 0.4) is 0 Å². The van der Waals surface area contributed by atoms with Crippen LogP contribution in [-0.2, 0) is 14.3 Å². The average molecular weight is 971 g/mol. The smallest absolute Gasteiger partial charge is 0.305 e. The summed E-state index contributed by atoms with van der Waals surface area (Å²) in [6, 6.07) is -0.631. The molecule has 3 N–H and O–H groups in total. The molecule has 0 radical (unpaired) electrons. The number of hydrogen-bond donors (Lipinski definition) is 3. The highest BCUT2D eigenvalue weighted by atomic mass is 16.5. The van der Waals surface area contributed by atoms with Gasteiger partial charge in [0, 0.05) is 12.8 Å². The summed E-state index contributed by atoms with van der Waals surface area (Å²) < 4.78 is 5.47. The van der Waals surface area contributed by atoms with Gasteiger partial charge >= 0.3 is 5.97 Å². The molecule has 0 aromatic heterocycles. The van der Waals surface area contributed by atoms with E-state index in [1.807, 2.05) is 6.08 Å². The number of hydrogen-bond acceptors (Lipinski definition) is 5. The number of aliphatic hydroxyl groups excluding tert-OH is 2. The van der Waals surface area contributed by atoms with E-state index in [9.17, 15) is 19.8 Å². The van der Waals surface area contributed by atoms with Gasteiger partial charge in [0.15, 0.2) is 0 Å². The topological polar surface area (TPSA) is 95.9 Å². The molecule has 0 saturated carbocycles. The van der Waals surface area contributed by atoms with Gasteiger partial charge in [-0.1, -0.05) is 288 Å². The maximum Gasteiger partial charge on any atom is 0.305 e. The van der Waals surface area contributed by atoms with Crippen molar-refractivity contribution in [2.24, 2.45) is 0 Å². The van der Waals surface area contributed by atoms with Gasteiger partial charge in [-0.05, 0) is 64.2 Å². The molecule has 69 heavy (non-hydrogen) atoms. The van der Waals surface area contributed by atoms with Crippen LogP contribution < -0.4 is 5.32 Å². The highest BCUT2D eigenvalue weighted by molar-refractivity contribution is 5.76. The summed E-state index contributed by atoms with van der Waals surface area (Å²) in [6.07, 6.45) is 73.1. The van der Waals surface area contributed by atoms with E-state index >= 15 is 0 Å². The van der Waals surface area contributed by atoms with E-state index in [1.165, 1.54) is 250 Å². The van der Waals surface area contributed by atoms with Crippen LogP contribution >= 0.6 is 0 Å². The van der Waals surface area contributed by atoms with Crippen molar-refractivity contribution in [1.29, 1.82) is 0 Å². The number of unbranched alkanes of at least 4 members (excludes halogenated alkanes) is 42. The monoisotopic (exact) mass is 970 g/mol. The second kappa shape index (κ2) is 58.6. The number of esters is 1. The van der Waals surface area contributed by atoms with Crippen LogP contribution in [0.5, 0.6) is 0 Å². The molecule has 2 atom stereocenters. The van der Waals surface area contributed by atoms with Gasteiger partial charge in [0.25, 0.3) is 0 Å². The van der Waals surface area contributed by atoms with E-state index in [0.29, 0.717) is 19.4 Å². The lowest BCUT2D eigenvalue weighted by Crippen LogP contribution is -2.45. The Morgan fingerprint density at radius 3 is 1.13 bits per heavy atom. The van der Waals surface area contributed by atoms with E-state index in [2.05, 4.69) is 43.5 Å². The van der Waals surface area contributed by atoms with Gasteiger partial charge in [-0.25, -0.2) is 0 Å². The summed E-state index contributed by atoms with van der Waals surface area (Å²) in [7, 11) is 0. The van der Waals surface area contributed by atoms with Gasteiger partial charge < -0.3 is 20.3 Å². The third kappa shape index (κ3) is 55.2. The maximum atomic E-state index is 12.5. The first-order valence-electron chi connectivity index (χ1n) is 30.8. The molecule has 0 aliphatic carbocycles. The summed E-state index contributed by atoms with van der Waals surface area (Å²) in [5.41, 5.74) is 0. The van der Waals surface area contributed by atoms with Gasteiger partial charge in [0.2, 0.25) is 5.91 Å². The van der Waals surface area contributed by atoms with E-state index in [4.69, 9.17) is 4.74 Å². The normalized spacial score (nSPS) is 12.8. The second-order valence-corrected chi connectivity index (χ2v) is 21.0. The summed E-state index contributed by atoms with van der Waals surface area (Å²) in [6.45, 7) is 4.88.